The number of aliphatic imine (C=N–C) groups is 1. The predicted molar refractivity (Wildman–Crippen MR) is 158 cm³/mol. The van der Waals surface area contributed by atoms with Gasteiger partial charge in [-0.2, -0.15) is 0 Å². The van der Waals surface area contributed by atoms with Crippen molar-refractivity contribution in [2.45, 2.75) is 58.5 Å². The van der Waals surface area contributed by atoms with E-state index in [-0.39, 0.29) is 43.2 Å². The Morgan fingerprint density at radius 2 is 1.67 bits per heavy atom. The minimum atomic E-state index is -1.35. The van der Waals surface area contributed by atoms with Crippen molar-refractivity contribution >= 4 is 35.6 Å². The maximum absolute atomic E-state index is 13.5. The number of hydrogen-bond donors (Lipinski definition) is 7. The maximum atomic E-state index is 13.5. The van der Waals surface area contributed by atoms with Crippen molar-refractivity contribution in [1.29, 1.82) is 0 Å². The van der Waals surface area contributed by atoms with E-state index in [1.807, 2.05) is 57.2 Å². The number of guanidine groups is 1. The van der Waals surface area contributed by atoms with Crippen molar-refractivity contribution in [3.8, 4) is 0 Å². The number of nitrogens with zero attached hydrogens (tertiary/aromatic N) is 1. The Morgan fingerprint density at radius 3 is 2.29 bits per heavy atom. The lowest BCUT2D eigenvalue weighted by atomic mass is 9.86. The molecule has 1 aromatic carbocycles. The van der Waals surface area contributed by atoms with Crippen molar-refractivity contribution in [2.75, 3.05) is 19.6 Å². The first-order chi connectivity index (χ1) is 19.9. The standard InChI is InChI=1S/C29H43N7O6/c1-17(2)21-12-18(3)20(13-19-8-5-4-6-9-19)15-33-28(42)23(14-25(38)39)35-24(37)16-34-27(41)22(36-26(21)40)10-7-11-32-29(30)31/h4-6,8-9,12,17,20-23H,7,10-11,13-16H2,1-3H3,(H,33,42)(H,34,41)(H,35,37)(H,36,40)(H,38,39)(H4,30,31,32)/b18-12+/t20-,21-,22-,23?/m0/s1. The lowest BCUT2D eigenvalue weighted by molar-refractivity contribution is -0.140. The van der Waals surface area contributed by atoms with Crippen LogP contribution in [0.2, 0.25) is 0 Å². The number of carboxylic acids is 1. The van der Waals surface area contributed by atoms with E-state index >= 15 is 0 Å². The van der Waals surface area contributed by atoms with E-state index in [9.17, 15) is 29.1 Å². The van der Waals surface area contributed by atoms with Crippen LogP contribution in [-0.4, -0.2) is 72.4 Å². The number of rotatable bonds is 9. The van der Waals surface area contributed by atoms with Crippen LogP contribution in [0.3, 0.4) is 0 Å². The SMILES string of the molecule is C/C1=C\[C@@H](C(C)C)C(=O)N[C@@H](CCCN=C(N)N)C(=O)NCC(=O)NC(CC(=O)O)C(=O)NC[C@@H]1Cc1ccccc1. The van der Waals surface area contributed by atoms with Gasteiger partial charge in [0.2, 0.25) is 23.6 Å². The quantitative estimate of drug-likeness (QED) is 0.0889. The van der Waals surface area contributed by atoms with Gasteiger partial charge < -0.3 is 37.8 Å². The molecule has 9 N–H and O–H groups in total. The van der Waals surface area contributed by atoms with Gasteiger partial charge >= 0.3 is 5.97 Å². The van der Waals surface area contributed by atoms with E-state index in [2.05, 4.69) is 26.3 Å². The van der Waals surface area contributed by atoms with Gasteiger partial charge in [-0.3, -0.25) is 29.0 Å². The number of hydrogen-bond acceptors (Lipinski definition) is 6. The molecule has 13 nitrogen and oxygen atoms in total. The first-order valence-corrected chi connectivity index (χ1v) is 14.0. The third kappa shape index (κ3) is 11.6. The van der Waals surface area contributed by atoms with Crippen LogP contribution in [0, 0.1) is 17.8 Å². The van der Waals surface area contributed by atoms with Crippen molar-refractivity contribution in [1.82, 2.24) is 21.3 Å². The number of carboxylic acid groups (broad SMARTS) is 1. The van der Waals surface area contributed by atoms with E-state index in [1.54, 1.807) is 0 Å². The summed E-state index contributed by atoms with van der Waals surface area (Å²) in [4.78, 5) is 67.6. The highest BCUT2D eigenvalue weighted by Crippen LogP contribution is 2.23. The summed E-state index contributed by atoms with van der Waals surface area (Å²) >= 11 is 0. The van der Waals surface area contributed by atoms with Gasteiger partial charge in [0.1, 0.15) is 12.1 Å². The topological polar surface area (TPSA) is 218 Å². The number of aliphatic carboxylic acids is 1. The smallest absolute Gasteiger partial charge is 0.305 e. The number of carbonyl (C=O) groups excluding carboxylic acids is 4. The minimum absolute atomic E-state index is 0.0939. The molecule has 1 heterocycles. The largest absolute Gasteiger partial charge is 0.481 e. The molecule has 0 saturated heterocycles. The Kier molecular flexibility index (Phi) is 13.5. The lowest BCUT2D eigenvalue weighted by Crippen LogP contribution is -2.53. The van der Waals surface area contributed by atoms with Gasteiger partial charge in [-0.05, 0) is 37.7 Å². The molecule has 230 valence electrons. The molecule has 0 aromatic heterocycles. The highest BCUT2D eigenvalue weighted by atomic mass is 16.4. The van der Waals surface area contributed by atoms with E-state index in [1.165, 1.54) is 0 Å². The summed E-state index contributed by atoms with van der Waals surface area (Å²) in [6, 6.07) is 7.29. The molecule has 1 aliphatic rings. The van der Waals surface area contributed by atoms with Crippen LogP contribution in [0.1, 0.15) is 45.6 Å². The summed E-state index contributed by atoms with van der Waals surface area (Å²) in [5, 5.41) is 19.8. The van der Waals surface area contributed by atoms with E-state index in [4.69, 9.17) is 11.5 Å². The molecule has 1 unspecified atom stereocenters. The van der Waals surface area contributed by atoms with Gasteiger partial charge in [-0.25, -0.2) is 0 Å². The zero-order chi connectivity index (χ0) is 31.2. The summed E-state index contributed by atoms with van der Waals surface area (Å²) in [6.07, 6.45) is 2.34. The average molecular weight is 586 g/mol. The molecule has 4 amide bonds. The monoisotopic (exact) mass is 585 g/mol. The van der Waals surface area contributed by atoms with Gasteiger partial charge in [0, 0.05) is 19.0 Å². The summed E-state index contributed by atoms with van der Waals surface area (Å²) < 4.78 is 0. The molecule has 1 aliphatic heterocycles. The van der Waals surface area contributed by atoms with Crippen LogP contribution >= 0.6 is 0 Å². The molecule has 2 rings (SSSR count). The van der Waals surface area contributed by atoms with Crippen LogP contribution in [0.15, 0.2) is 47.0 Å². The predicted octanol–water partition coefficient (Wildman–Crippen LogP) is -0.192. The summed E-state index contributed by atoms with van der Waals surface area (Å²) in [5.41, 5.74) is 12.6. The fraction of sp³-hybridized carbons (Fsp3) is 0.517. The van der Waals surface area contributed by atoms with Crippen LogP contribution in [0.5, 0.6) is 0 Å². The number of amides is 4. The van der Waals surface area contributed by atoms with Crippen molar-refractivity contribution in [2.24, 2.45) is 34.2 Å². The Bertz CT molecular complexity index is 1160. The maximum Gasteiger partial charge on any atom is 0.305 e. The van der Waals surface area contributed by atoms with Gasteiger partial charge in [0.15, 0.2) is 5.96 Å². The Morgan fingerprint density at radius 1 is 1.00 bits per heavy atom. The Hall–Kier alpha value is -4.42. The minimum Gasteiger partial charge on any atom is -0.481 e. The van der Waals surface area contributed by atoms with E-state index < -0.39 is 54.7 Å². The average Bonchev–Trinajstić information content (AvgIpc) is 2.92. The molecule has 1 aromatic rings. The molecule has 0 bridgehead atoms. The number of nitrogens with one attached hydrogen (secondary N) is 4. The van der Waals surface area contributed by atoms with Crippen molar-refractivity contribution in [3.63, 3.8) is 0 Å². The second-order valence-corrected chi connectivity index (χ2v) is 10.8. The number of carbonyl (C=O) groups is 5. The number of benzene rings is 1. The van der Waals surface area contributed by atoms with Gasteiger partial charge in [0.05, 0.1) is 18.9 Å². The third-order valence-electron chi connectivity index (χ3n) is 6.99. The lowest BCUT2D eigenvalue weighted by Gasteiger charge is -2.26. The van der Waals surface area contributed by atoms with Crippen LogP contribution < -0.4 is 32.7 Å². The fourth-order valence-electron chi connectivity index (χ4n) is 4.59. The summed E-state index contributed by atoms with van der Waals surface area (Å²) in [6.45, 7) is 5.54. The molecule has 0 radical (unpaired) electrons. The molecular weight excluding hydrogens is 542 g/mol. The Labute approximate surface area is 246 Å². The first kappa shape index (κ1) is 33.8. The molecule has 0 spiro atoms. The first-order valence-electron chi connectivity index (χ1n) is 14.0. The van der Waals surface area contributed by atoms with Gasteiger partial charge in [-0.1, -0.05) is 55.8 Å². The van der Waals surface area contributed by atoms with Crippen molar-refractivity contribution < 1.29 is 29.1 Å². The number of nitrogens with two attached hydrogens (primary N) is 2. The van der Waals surface area contributed by atoms with Crippen LogP contribution in [0.25, 0.3) is 0 Å². The Balaban J connectivity index is 2.46. The van der Waals surface area contributed by atoms with E-state index in [0.29, 0.717) is 12.8 Å². The highest BCUT2D eigenvalue weighted by molar-refractivity contribution is 5.94. The molecule has 4 atom stereocenters. The highest BCUT2D eigenvalue weighted by Gasteiger charge is 2.29. The second kappa shape index (κ2) is 16.7. The van der Waals surface area contributed by atoms with Crippen molar-refractivity contribution in [3.05, 3.63) is 47.5 Å². The summed E-state index contributed by atoms with van der Waals surface area (Å²) in [7, 11) is 0. The molecule has 0 saturated carbocycles. The van der Waals surface area contributed by atoms with Gasteiger partial charge in [0.25, 0.3) is 0 Å². The zero-order valence-corrected chi connectivity index (χ0v) is 24.4. The van der Waals surface area contributed by atoms with Gasteiger partial charge in [-0.15, -0.1) is 0 Å². The molecule has 0 aliphatic carbocycles. The van der Waals surface area contributed by atoms with E-state index in [0.717, 1.165) is 11.1 Å². The molecular formula is C29H43N7O6. The zero-order valence-electron chi connectivity index (χ0n) is 24.4. The molecule has 13 heteroatoms. The molecule has 0 fully saturated rings. The normalized spacial score (nSPS) is 24.0. The third-order valence-corrected chi connectivity index (χ3v) is 6.99. The summed E-state index contributed by atoms with van der Waals surface area (Å²) in [5.74, 6) is -4.70. The van der Waals surface area contributed by atoms with Crippen LogP contribution in [0.4, 0.5) is 0 Å². The van der Waals surface area contributed by atoms with Crippen LogP contribution in [-0.2, 0) is 30.4 Å². The second-order valence-electron chi connectivity index (χ2n) is 10.8. The fourth-order valence-corrected chi connectivity index (χ4v) is 4.59. The molecule has 42 heavy (non-hydrogen) atoms.